The topological polar surface area (TPSA) is 54.5 Å². The molecule has 1 aliphatic heterocycles. The monoisotopic (exact) mass is 333 g/mol. The first-order valence-corrected chi connectivity index (χ1v) is 8.94. The fourth-order valence-electron chi connectivity index (χ4n) is 2.59. The zero-order chi connectivity index (χ0) is 15.6. The molecule has 21 heavy (non-hydrogen) atoms. The molecular weight excluding hydrogens is 317 g/mol. The lowest BCUT2D eigenvalue weighted by molar-refractivity contribution is 0.0938. The van der Waals surface area contributed by atoms with E-state index in [2.05, 4.69) is 0 Å². The van der Waals surface area contributed by atoms with E-state index in [0.29, 0.717) is 19.5 Å². The van der Waals surface area contributed by atoms with Crippen molar-refractivity contribution in [2.75, 3.05) is 19.3 Å². The van der Waals surface area contributed by atoms with Crippen LogP contribution in [0.3, 0.4) is 0 Å². The fourth-order valence-corrected chi connectivity index (χ4v) is 3.70. The first-order chi connectivity index (χ1) is 9.79. The van der Waals surface area contributed by atoms with E-state index in [1.807, 2.05) is 0 Å². The molecule has 1 aromatic carbocycles. The molecule has 1 unspecified atom stereocenters. The molecule has 1 atom stereocenters. The number of sulfonamides is 1. The van der Waals surface area contributed by atoms with Crippen LogP contribution in [0.15, 0.2) is 18.2 Å². The summed E-state index contributed by atoms with van der Waals surface area (Å²) in [6, 6.07) is 4.32. The number of ketones is 1. The van der Waals surface area contributed by atoms with Crippen LogP contribution in [0.25, 0.3) is 0 Å². The van der Waals surface area contributed by atoms with E-state index in [1.165, 1.54) is 22.5 Å². The van der Waals surface area contributed by atoms with E-state index in [4.69, 9.17) is 11.6 Å². The molecule has 0 aliphatic carbocycles. The minimum Gasteiger partial charge on any atom is -0.294 e. The van der Waals surface area contributed by atoms with Crippen LogP contribution in [0.5, 0.6) is 0 Å². The normalized spacial score (nSPS) is 20.4. The van der Waals surface area contributed by atoms with E-state index in [9.17, 15) is 17.6 Å². The van der Waals surface area contributed by atoms with Crippen molar-refractivity contribution in [3.63, 3.8) is 0 Å². The molecule has 1 aromatic rings. The van der Waals surface area contributed by atoms with Gasteiger partial charge in [0.25, 0.3) is 0 Å². The highest BCUT2D eigenvalue weighted by molar-refractivity contribution is 7.88. The number of carbonyl (C=O) groups is 1. The van der Waals surface area contributed by atoms with Crippen LogP contribution in [0.1, 0.15) is 29.6 Å². The van der Waals surface area contributed by atoms with Crippen molar-refractivity contribution in [1.29, 1.82) is 0 Å². The van der Waals surface area contributed by atoms with Crippen molar-refractivity contribution in [3.05, 3.63) is 34.6 Å². The summed E-state index contributed by atoms with van der Waals surface area (Å²) in [6.07, 6.45) is 2.76. The Bertz CT molecular complexity index is 648. The van der Waals surface area contributed by atoms with Gasteiger partial charge >= 0.3 is 0 Å². The van der Waals surface area contributed by atoms with Crippen molar-refractivity contribution < 1.29 is 17.6 Å². The van der Waals surface area contributed by atoms with Crippen LogP contribution in [0, 0.1) is 11.7 Å². The molecule has 0 saturated carbocycles. The summed E-state index contributed by atoms with van der Waals surface area (Å²) < 4.78 is 38.3. The van der Waals surface area contributed by atoms with Gasteiger partial charge in [-0.15, -0.1) is 0 Å². The van der Waals surface area contributed by atoms with Gasteiger partial charge in [-0.05, 0) is 30.9 Å². The standard InChI is InChI=1S/C14H17ClFNO3S/c1-21(19,20)17-7-3-4-10(9-17)8-13(18)11-5-2-6-12(15)14(11)16/h2,5-6,10H,3-4,7-9H2,1H3. The second-order valence-electron chi connectivity index (χ2n) is 5.36. The van der Waals surface area contributed by atoms with E-state index in [1.54, 1.807) is 0 Å². The summed E-state index contributed by atoms with van der Waals surface area (Å²) in [5, 5.41) is -0.0812. The quantitative estimate of drug-likeness (QED) is 0.796. The lowest BCUT2D eigenvalue weighted by Gasteiger charge is -2.30. The number of piperidine rings is 1. The van der Waals surface area contributed by atoms with Gasteiger partial charge in [0.15, 0.2) is 11.6 Å². The maximum atomic E-state index is 13.8. The molecule has 116 valence electrons. The molecule has 0 bridgehead atoms. The highest BCUT2D eigenvalue weighted by atomic mass is 35.5. The Labute approximate surface area is 128 Å². The van der Waals surface area contributed by atoms with Crippen molar-refractivity contribution in [2.45, 2.75) is 19.3 Å². The van der Waals surface area contributed by atoms with Crippen LogP contribution < -0.4 is 0 Å². The van der Waals surface area contributed by atoms with E-state index < -0.39 is 15.8 Å². The predicted octanol–water partition coefficient (Wildman–Crippen LogP) is 2.72. The van der Waals surface area contributed by atoms with Crippen LogP contribution in [0.2, 0.25) is 5.02 Å². The zero-order valence-electron chi connectivity index (χ0n) is 11.7. The molecule has 1 fully saturated rings. The molecule has 2 rings (SSSR count). The van der Waals surface area contributed by atoms with Gasteiger partial charge in [0.1, 0.15) is 0 Å². The number of rotatable bonds is 4. The summed E-state index contributed by atoms with van der Waals surface area (Å²) in [7, 11) is -3.25. The van der Waals surface area contributed by atoms with Gasteiger partial charge in [-0.25, -0.2) is 17.1 Å². The summed E-state index contributed by atoms with van der Waals surface area (Å²) in [4.78, 5) is 12.2. The second-order valence-corrected chi connectivity index (χ2v) is 7.75. The van der Waals surface area contributed by atoms with Crippen molar-refractivity contribution in [1.82, 2.24) is 4.31 Å². The maximum absolute atomic E-state index is 13.8. The summed E-state index contributed by atoms with van der Waals surface area (Å²) >= 11 is 5.67. The molecule has 0 amide bonds. The van der Waals surface area contributed by atoms with Crippen LogP contribution in [-0.4, -0.2) is 37.9 Å². The lowest BCUT2D eigenvalue weighted by atomic mass is 9.92. The average Bonchev–Trinajstić information content (AvgIpc) is 2.41. The summed E-state index contributed by atoms with van der Waals surface area (Å²) in [6.45, 7) is 0.793. The Kier molecular flexibility index (Phi) is 5.01. The van der Waals surface area contributed by atoms with Gasteiger partial charge in [0.05, 0.1) is 16.8 Å². The predicted molar refractivity (Wildman–Crippen MR) is 79.5 cm³/mol. The number of hydrogen-bond acceptors (Lipinski definition) is 3. The number of halogens is 2. The number of hydrogen-bond donors (Lipinski definition) is 0. The molecular formula is C14H17ClFNO3S. The average molecular weight is 334 g/mol. The van der Waals surface area contributed by atoms with Crippen molar-refractivity contribution >= 4 is 27.4 Å². The van der Waals surface area contributed by atoms with Gasteiger partial charge in [0.2, 0.25) is 10.0 Å². The SMILES string of the molecule is CS(=O)(=O)N1CCCC(CC(=O)c2cccc(Cl)c2F)C1. The molecule has 1 heterocycles. The van der Waals surface area contributed by atoms with E-state index in [0.717, 1.165) is 12.7 Å². The van der Waals surface area contributed by atoms with Crippen LogP contribution in [0.4, 0.5) is 4.39 Å². The third-order valence-corrected chi connectivity index (χ3v) is 5.24. The van der Waals surface area contributed by atoms with E-state index in [-0.39, 0.29) is 28.7 Å². The maximum Gasteiger partial charge on any atom is 0.211 e. The number of benzene rings is 1. The molecule has 1 aliphatic rings. The third-order valence-electron chi connectivity index (χ3n) is 3.68. The van der Waals surface area contributed by atoms with Crippen LogP contribution >= 0.6 is 11.6 Å². The molecule has 0 aromatic heterocycles. The third kappa shape index (κ3) is 4.02. The van der Waals surface area contributed by atoms with Crippen molar-refractivity contribution in [2.24, 2.45) is 5.92 Å². The Morgan fingerprint density at radius 3 is 2.86 bits per heavy atom. The Balaban J connectivity index is 2.08. The fraction of sp³-hybridized carbons (Fsp3) is 0.500. The lowest BCUT2D eigenvalue weighted by Crippen LogP contribution is -2.39. The number of nitrogens with zero attached hydrogens (tertiary/aromatic N) is 1. The molecule has 0 spiro atoms. The minimum atomic E-state index is -3.25. The Hall–Kier alpha value is -0.980. The Morgan fingerprint density at radius 1 is 1.48 bits per heavy atom. The highest BCUT2D eigenvalue weighted by Crippen LogP contribution is 2.25. The minimum absolute atomic E-state index is 0.0287. The molecule has 1 saturated heterocycles. The zero-order valence-corrected chi connectivity index (χ0v) is 13.3. The number of carbonyl (C=O) groups excluding carboxylic acids is 1. The van der Waals surface area contributed by atoms with E-state index >= 15 is 0 Å². The number of Topliss-reactive ketones (excluding diaryl/α,β-unsaturated/α-hetero) is 1. The van der Waals surface area contributed by atoms with Gasteiger partial charge in [-0.2, -0.15) is 0 Å². The van der Waals surface area contributed by atoms with Crippen LogP contribution in [-0.2, 0) is 10.0 Å². The van der Waals surface area contributed by atoms with Crippen molar-refractivity contribution in [3.8, 4) is 0 Å². The van der Waals surface area contributed by atoms with Gasteiger partial charge in [-0.1, -0.05) is 17.7 Å². The Morgan fingerprint density at radius 2 is 2.19 bits per heavy atom. The van der Waals surface area contributed by atoms with Gasteiger partial charge in [-0.3, -0.25) is 4.79 Å². The smallest absolute Gasteiger partial charge is 0.211 e. The largest absolute Gasteiger partial charge is 0.294 e. The molecule has 0 radical (unpaired) electrons. The summed E-state index contributed by atoms with van der Waals surface area (Å²) in [5.41, 5.74) is -0.0287. The summed E-state index contributed by atoms with van der Waals surface area (Å²) in [5.74, 6) is -1.13. The first-order valence-electron chi connectivity index (χ1n) is 6.71. The van der Waals surface area contributed by atoms with Gasteiger partial charge in [0, 0.05) is 19.5 Å². The van der Waals surface area contributed by atoms with Gasteiger partial charge < -0.3 is 0 Å². The second kappa shape index (κ2) is 6.42. The molecule has 7 heteroatoms. The highest BCUT2D eigenvalue weighted by Gasteiger charge is 2.28. The molecule has 0 N–H and O–H groups in total. The molecule has 4 nitrogen and oxygen atoms in total. The first kappa shape index (κ1) is 16.4.